The molecule has 0 bridgehead atoms. The smallest absolute Gasteiger partial charge is 0.317 e. The molecular formula is C22H28N2O2. The van der Waals surface area contributed by atoms with E-state index in [0.29, 0.717) is 19.7 Å². The number of hydrogen-bond acceptors (Lipinski definition) is 2. The van der Waals surface area contributed by atoms with Gasteiger partial charge in [0.15, 0.2) is 0 Å². The Kier molecular flexibility index (Phi) is 5.50. The Hall–Kier alpha value is -2.49. The van der Waals surface area contributed by atoms with Crippen molar-refractivity contribution in [3.63, 3.8) is 0 Å². The molecule has 0 unspecified atom stereocenters. The second-order valence-corrected chi connectivity index (χ2v) is 7.80. The van der Waals surface area contributed by atoms with E-state index in [0.717, 1.165) is 18.7 Å². The number of nitrogens with zero attached hydrogens (tertiary/aromatic N) is 1. The molecule has 0 radical (unpaired) electrons. The van der Waals surface area contributed by atoms with Crippen molar-refractivity contribution >= 4 is 6.03 Å². The number of carbonyl (C=O) groups is 1. The molecule has 0 fully saturated rings. The van der Waals surface area contributed by atoms with Gasteiger partial charge in [0.25, 0.3) is 0 Å². The highest BCUT2D eigenvalue weighted by Crippen LogP contribution is 2.24. The van der Waals surface area contributed by atoms with Crippen molar-refractivity contribution < 1.29 is 9.53 Å². The molecule has 0 saturated heterocycles. The van der Waals surface area contributed by atoms with Crippen LogP contribution in [-0.4, -0.2) is 30.6 Å². The standard InChI is InChI=1S/C22H28N2O2/c1-22(2,3)19-8-10-20(11-9-19)26-15-13-23-21(25)24-14-12-17-6-4-5-7-18(17)16-24/h4-11H,12-16H2,1-3H3,(H,23,25). The van der Waals surface area contributed by atoms with Gasteiger partial charge in [-0.1, -0.05) is 57.2 Å². The third kappa shape index (κ3) is 4.57. The fourth-order valence-corrected chi connectivity index (χ4v) is 3.16. The predicted molar refractivity (Wildman–Crippen MR) is 105 cm³/mol. The minimum atomic E-state index is -0.0221. The zero-order valence-corrected chi connectivity index (χ0v) is 15.9. The lowest BCUT2D eigenvalue weighted by molar-refractivity contribution is 0.189. The second-order valence-electron chi connectivity index (χ2n) is 7.80. The topological polar surface area (TPSA) is 41.6 Å². The Morgan fingerprint density at radius 1 is 1.08 bits per heavy atom. The van der Waals surface area contributed by atoms with Crippen LogP contribution in [-0.2, 0) is 18.4 Å². The van der Waals surface area contributed by atoms with Crippen molar-refractivity contribution in [1.29, 1.82) is 0 Å². The molecule has 4 heteroatoms. The van der Waals surface area contributed by atoms with Gasteiger partial charge in [-0.3, -0.25) is 0 Å². The van der Waals surface area contributed by atoms with Crippen molar-refractivity contribution in [3.8, 4) is 5.75 Å². The number of carbonyl (C=O) groups excluding carboxylic acids is 1. The molecule has 3 rings (SSSR count). The summed E-state index contributed by atoms with van der Waals surface area (Å²) in [6.07, 6.45) is 0.917. The summed E-state index contributed by atoms with van der Waals surface area (Å²) >= 11 is 0. The number of urea groups is 1. The third-order valence-corrected chi connectivity index (χ3v) is 4.79. The third-order valence-electron chi connectivity index (χ3n) is 4.79. The molecule has 0 aliphatic carbocycles. The van der Waals surface area contributed by atoms with Gasteiger partial charge in [0.05, 0.1) is 6.54 Å². The van der Waals surface area contributed by atoms with Crippen LogP contribution in [0.15, 0.2) is 48.5 Å². The van der Waals surface area contributed by atoms with E-state index in [1.807, 2.05) is 23.1 Å². The molecule has 0 atom stereocenters. The van der Waals surface area contributed by atoms with Crippen molar-refractivity contribution in [2.24, 2.45) is 0 Å². The first kappa shape index (κ1) is 18.3. The SMILES string of the molecule is CC(C)(C)c1ccc(OCCNC(=O)N2CCc3ccccc3C2)cc1. The van der Waals surface area contributed by atoms with Gasteiger partial charge in [0, 0.05) is 13.1 Å². The van der Waals surface area contributed by atoms with E-state index in [-0.39, 0.29) is 11.4 Å². The summed E-state index contributed by atoms with van der Waals surface area (Å²) in [5.41, 5.74) is 4.01. The van der Waals surface area contributed by atoms with Crippen LogP contribution in [0.2, 0.25) is 0 Å². The highest BCUT2D eigenvalue weighted by molar-refractivity contribution is 5.74. The molecule has 138 valence electrons. The number of benzene rings is 2. The summed E-state index contributed by atoms with van der Waals surface area (Å²) in [6.45, 7) is 8.98. The van der Waals surface area contributed by atoms with Crippen molar-refractivity contribution in [2.45, 2.75) is 39.2 Å². The number of hydrogen-bond donors (Lipinski definition) is 1. The van der Waals surface area contributed by atoms with Gasteiger partial charge in [-0.2, -0.15) is 0 Å². The highest BCUT2D eigenvalue weighted by atomic mass is 16.5. The van der Waals surface area contributed by atoms with Gasteiger partial charge in [-0.15, -0.1) is 0 Å². The molecule has 1 aliphatic rings. The zero-order valence-electron chi connectivity index (χ0n) is 15.9. The molecule has 1 N–H and O–H groups in total. The number of nitrogens with one attached hydrogen (secondary N) is 1. The Morgan fingerprint density at radius 3 is 2.46 bits per heavy atom. The molecule has 0 aromatic heterocycles. The van der Waals surface area contributed by atoms with Crippen LogP contribution in [0.25, 0.3) is 0 Å². The van der Waals surface area contributed by atoms with Crippen LogP contribution < -0.4 is 10.1 Å². The molecule has 2 aromatic carbocycles. The molecule has 0 saturated carbocycles. The molecule has 26 heavy (non-hydrogen) atoms. The second kappa shape index (κ2) is 7.81. The first-order valence-electron chi connectivity index (χ1n) is 9.26. The number of ether oxygens (including phenoxy) is 1. The average molecular weight is 352 g/mol. The number of amides is 2. The molecule has 0 spiro atoms. The molecule has 4 nitrogen and oxygen atoms in total. The zero-order chi connectivity index (χ0) is 18.6. The number of fused-ring (bicyclic) bond motifs is 1. The largest absolute Gasteiger partial charge is 0.492 e. The minimum Gasteiger partial charge on any atom is -0.492 e. The quantitative estimate of drug-likeness (QED) is 0.841. The van der Waals surface area contributed by atoms with E-state index < -0.39 is 0 Å². The van der Waals surface area contributed by atoms with Crippen LogP contribution >= 0.6 is 0 Å². The Balaban J connectivity index is 1.42. The lowest BCUT2D eigenvalue weighted by Crippen LogP contribution is -2.43. The van der Waals surface area contributed by atoms with Crippen molar-refractivity contribution in [3.05, 3.63) is 65.2 Å². The predicted octanol–water partition coefficient (Wildman–Crippen LogP) is 4.13. The van der Waals surface area contributed by atoms with Crippen LogP contribution in [0, 0.1) is 0 Å². The summed E-state index contributed by atoms with van der Waals surface area (Å²) in [5, 5.41) is 2.95. The van der Waals surface area contributed by atoms with Gasteiger partial charge in [0.2, 0.25) is 0 Å². The van der Waals surface area contributed by atoms with Gasteiger partial charge in [-0.25, -0.2) is 4.79 Å². The van der Waals surface area contributed by atoms with Gasteiger partial charge in [-0.05, 0) is 40.7 Å². The first-order valence-corrected chi connectivity index (χ1v) is 9.26. The maximum atomic E-state index is 12.3. The first-order chi connectivity index (χ1) is 12.4. The van der Waals surface area contributed by atoms with Gasteiger partial charge >= 0.3 is 6.03 Å². The van der Waals surface area contributed by atoms with Crippen molar-refractivity contribution in [2.75, 3.05) is 19.7 Å². The Labute approximate surface area is 156 Å². The number of rotatable bonds is 4. The molecule has 1 heterocycles. The van der Waals surface area contributed by atoms with Crippen LogP contribution in [0.1, 0.15) is 37.5 Å². The molecule has 2 amide bonds. The van der Waals surface area contributed by atoms with Gasteiger partial charge < -0.3 is 15.0 Å². The van der Waals surface area contributed by atoms with E-state index >= 15 is 0 Å². The minimum absolute atomic E-state index is 0.0221. The summed E-state index contributed by atoms with van der Waals surface area (Å²) in [4.78, 5) is 14.2. The van der Waals surface area contributed by atoms with Crippen LogP contribution in [0.4, 0.5) is 4.79 Å². The lowest BCUT2D eigenvalue weighted by Gasteiger charge is -2.28. The van der Waals surface area contributed by atoms with E-state index in [4.69, 9.17) is 4.74 Å². The average Bonchev–Trinajstić information content (AvgIpc) is 2.64. The Bertz CT molecular complexity index is 747. The Morgan fingerprint density at radius 2 is 1.77 bits per heavy atom. The molecular weight excluding hydrogens is 324 g/mol. The maximum Gasteiger partial charge on any atom is 0.317 e. The molecule has 1 aliphatic heterocycles. The van der Waals surface area contributed by atoms with E-state index in [2.05, 4.69) is 56.4 Å². The van der Waals surface area contributed by atoms with Crippen LogP contribution in [0.3, 0.4) is 0 Å². The van der Waals surface area contributed by atoms with Gasteiger partial charge in [0.1, 0.15) is 12.4 Å². The highest BCUT2D eigenvalue weighted by Gasteiger charge is 2.19. The summed E-state index contributed by atoms with van der Waals surface area (Å²) < 4.78 is 5.73. The van der Waals surface area contributed by atoms with Crippen molar-refractivity contribution in [1.82, 2.24) is 10.2 Å². The summed E-state index contributed by atoms with van der Waals surface area (Å²) in [5.74, 6) is 0.833. The van der Waals surface area contributed by atoms with E-state index in [1.165, 1.54) is 16.7 Å². The lowest BCUT2D eigenvalue weighted by atomic mass is 9.87. The fraction of sp³-hybridized carbons (Fsp3) is 0.409. The summed E-state index contributed by atoms with van der Waals surface area (Å²) in [7, 11) is 0. The maximum absolute atomic E-state index is 12.3. The monoisotopic (exact) mass is 352 g/mol. The molecule has 2 aromatic rings. The fourth-order valence-electron chi connectivity index (χ4n) is 3.16. The van der Waals surface area contributed by atoms with E-state index in [1.54, 1.807) is 0 Å². The normalized spacial score (nSPS) is 13.9. The summed E-state index contributed by atoms with van der Waals surface area (Å²) in [6, 6.07) is 16.5. The van der Waals surface area contributed by atoms with Crippen LogP contribution in [0.5, 0.6) is 5.75 Å². The van der Waals surface area contributed by atoms with E-state index in [9.17, 15) is 4.79 Å².